The quantitative estimate of drug-likeness (QED) is 0.415. The van der Waals surface area contributed by atoms with E-state index in [2.05, 4.69) is 5.32 Å². The minimum atomic E-state index is -3.87. The maximum Gasteiger partial charge on any atom is 0.244 e. The fraction of sp³-hybridized carbons (Fsp3) is 0.417. The largest absolute Gasteiger partial charge is 0.354 e. The average molecular weight is 563 g/mol. The van der Waals surface area contributed by atoms with Crippen LogP contribution in [0.25, 0.3) is 0 Å². The standard InChI is InChI=1S/C24H30Cl3N3O4S/c1-5-13-28-24(32)21(6-2)29(14-17-19(26)10-7-11-20(17)27)23(31)15-30(35(4,33)34)22-12-8-9-18(25)16(22)3/h7-12,21H,5-6,13-15H2,1-4H3,(H,28,32)/t21-/m0/s1. The highest BCUT2D eigenvalue weighted by Crippen LogP contribution is 2.30. The topological polar surface area (TPSA) is 86.8 Å². The Balaban J connectivity index is 2.53. The van der Waals surface area contributed by atoms with Crippen LogP contribution in [0.3, 0.4) is 0 Å². The van der Waals surface area contributed by atoms with Crippen molar-refractivity contribution in [3.05, 3.63) is 62.6 Å². The summed E-state index contributed by atoms with van der Waals surface area (Å²) in [6, 6.07) is 8.93. The third kappa shape index (κ3) is 7.49. The first kappa shape index (κ1) is 29.2. The molecule has 0 radical (unpaired) electrons. The fourth-order valence-corrected chi connectivity index (χ4v) is 5.19. The molecule has 0 saturated heterocycles. The van der Waals surface area contributed by atoms with Crippen LogP contribution in [-0.2, 0) is 26.2 Å². The van der Waals surface area contributed by atoms with Crippen molar-refractivity contribution in [2.45, 2.75) is 46.2 Å². The molecule has 0 bridgehead atoms. The Bertz CT molecular complexity index is 1150. The zero-order valence-electron chi connectivity index (χ0n) is 20.1. The maximum atomic E-state index is 13.7. The van der Waals surface area contributed by atoms with E-state index in [1.54, 1.807) is 50.2 Å². The van der Waals surface area contributed by atoms with E-state index < -0.39 is 28.5 Å². The van der Waals surface area contributed by atoms with Gasteiger partial charge in [-0.25, -0.2) is 8.42 Å². The molecule has 0 fully saturated rings. The molecule has 0 aliphatic rings. The van der Waals surface area contributed by atoms with Crippen molar-refractivity contribution in [1.29, 1.82) is 0 Å². The van der Waals surface area contributed by atoms with Crippen LogP contribution in [0.1, 0.15) is 37.8 Å². The molecule has 0 aromatic heterocycles. The zero-order chi connectivity index (χ0) is 26.3. The van der Waals surface area contributed by atoms with Gasteiger partial charge in [-0.1, -0.05) is 60.8 Å². The number of benzene rings is 2. The number of nitrogens with one attached hydrogen (secondary N) is 1. The summed E-state index contributed by atoms with van der Waals surface area (Å²) in [7, 11) is -3.87. The van der Waals surface area contributed by atoms with E-state index in [1.807, 2.05) is 6.92 Å². The zero-order valence-corrected chi connectivity index (χ0v) is 23.2. The lowest BCUT2D eigenvalue weighted by atomic mass is 10.1. The number of hydrogen-bond acceptors (Lipinski definition) is 4. The van der Waals surface area contributed by atoms with E-state index in [4.69, 9.17) is 34.8 Å². The molecule has 0 heterocycles. The molecule has 35 heavy (non-hydrogen) atoms. The molecule has 0 spiro atoms. The normalized spacial score (nSPS) is 12.2. The first-order valence-corrected chi connectivity index (χ1v) is 14.1. The molecule has 1 N–H and O–H groups in total. The van der Waals surface area contributed by atoms with Gasteiger partial charge in [-0.3, -0.25) is 13.9 Å². The predicted octanol–water partition coefficient (Wildman–Crippen LogP) is 5.05. The van der Waals surface area contributed by atoms with Crippen molar-refractivity contribution in [3.63, 3.8) is 0 Å². The van der Waals surface area contributed by atoms with E-state index in [0.29, 0.717) is 39.2 Å². The Labute approximate surface area is 222 Å². The van der Waals surface area contributed by atoms with Crippen LogP contribution < -0.4 is 9.62 Å². The number of hydrogen-bond donors (Lipinski definition) is 1. The monoisotopic (exact) mass is 561 g/mol. The molecule has 192 valence electrons. The van der Waals surface area contributed by atoms with Crippen LogP contribution >= 0.6 is 34.8 Å². The molecule has 0 saturated carbocycles. The Kier molecular flexibility index (Phi) is 10.7. The van der Waals surface area contributed by atoms with Gasteiger partial charge in [-0.15, -0.1) is 0 Å². The van der Waals surface area contributed by atoms with Gasteiger partial charge in [0.15, 0.2) is 0 Å². The smallest absolute Gasteiger partial charge is 0.244 e. The summed E-state index contributed by atoms with van der Waals surface area (Å²) in [5, 5.41) is 3.86. The molecule has 1 atom stereocenters. The number of carbonyl (C=O) groups is 2. The second-order valence-electron chi connectivity index (χ2n) is 8.09. The first-order chi connectivity index (χ1) is 16.4. The number of amides is 2. The molecule has 2 rings (SSSR count). The minimum Gasteiger partial charge on any atom is -0.354 e. The second kappa shape index (κ2) is 12.8. The van der Waals surface area contributed by atoms with Gasteiger partial charge < -0.3 is 10.2 Å². The molecule has 11 heteroatoms. The first-order valence-electron chi connectivity index (χ1n) is 11.1. The molecular formula is C24H30Cl3N3O4S. The summed E-state index contributed by atoms with van der Waals surface area (Å²) in [6.45, 7) is 5.22. The molecule has 2 aromatic carbocycles. The number of nitrogens with zero attached hydrogens (tertiary/aromatic N) is 2. The maximum absolute atomic E-state index is 13.7. The summed E-state index contributed by atoms with van der Waals surface area (Å²) in [4.78, 5) is 28.0. The van der Waals surface area contributed by atoms with Gasteiger partial charge in [0.05, 0.1) is 11.9 Å². The van der Waals surface area contributed by atoms with Gasteiger partial charge in [0.1, 0.15) is 12.6 Å². The van der Waals surface area contributed by atoms with Crippen LogP contribution in [0.15, 0.2) is 36.4 Å². The van der Waals surface area contributed by atoms with Crippen molar-refractivity contribution >= 4 is 62.3 Å². The van der Waals surface area contributed by atoms with Crippen LogP contribution in [0.2, 0.25) is 15.1 Å². The highest BCUT2D eigenvalue weighted by atomic mass is 35.5. The summed E-state index contributed by atoms with van der Waals surface area (Å²) < 4.78 is 26.4. The lowest BCUT2D eigenvalue weighted by Crippen LogP contribution is -2.52. The number of anilines is 1. The van der Waals surface area contributed by atoms with Gasteiger partial charge in [-0.05, 0) is 49.6 Å². The second-order valence-corrected chi connectivity index (χ2v) is 11.2. The van der Waals surface area contributed by atoms with Crippen molar-refractivity contribution in [3.8, 4) is 0 Å². The molecular weight excluding hydrogens is 533 g/mol. The molecule has 0 unspecified atom stereocenters. The molecule has 0 aliphatic heterocycles. The summed E-state index contributed by atoms with van der Waals surface area (Å²) >= 11 is 18.9. The summed E-state index contributed by atoms with van der Waals surface area (Å²) in [5.74, 6) is -0.917. The van der Waals surface area contributed by atoms with E-state index in [1.165, 1.54) is 4.90 Å². The Morgan fingerprint density at radius 3 is 2.11 bits per heavy atom. The number of carbonyl (C=O) groups excluding carboxylic acids is 2. The van der Waals surface area contributed by atoms with Gasteiger partial charge in [0, 0.05) is 33.7 Å². The van der Waals surface area contributed by atoms with E-state index >= 15 is 0 Å². The van der Waals surface area contributed by atoms with Crippen molar-refractivity contribution in [1.82, 2.24) is 10.2 Å². The van der Waals surface area contributed by atoms with Crippen LogP contribution in [0.5, 0.6) is 0 Å². The number of sulfonamides is 1. The SMILES string of the molecule is CCCNC(=O)[C@H](CC)N(Cc1c(Cl)cccc1Cl)C(=O)CN(c1cccc(Cl)c1C)S(C)(=O)=O. The summed E-state index contributed by atoms with van der Waals surface area (Å²) in [6.07, 6.45) is 2.04. The third-order valence-corrected chi connectivity index (χ3v) is 7.76. The molecule has 7 nitrogen and oxygen atoms in total. The van der Waals surface area contributed by atoms with Gasteiger partial charge >= 0.3 is 0 Å². The highest BCUT2D eigenvalue weighted by molar-refractivity contribution is 7.92. The third-order valence-electron chi connectivity index (χ3n) is 5.51. The number of halogens is 3. The predicted molar refractivity (Wildman–Crippen MR) is 143 cm³/mol. The van der Waals surface area contributed by atoms with Crippen LogP contribution in [-0.4, -0.2) is 50.5 Å². The van der Waals surface area contributed by atoms with Gasteiger partial charge in [0.2, 0.25) is 21.8 Å². The lowest BCUT2D eigenvalue weighted by Gasteiger charge is -2.33. The molecule has 2 amide bonds. The minimum absolute atomic E-state index is 0.0679. The van der Waals surface area contributed by atoms with Gasteiger partial charge in [0.25, 0.3) is 0 Å². The molecule has 2 aromatic rings. The number of rotatable bonds is 11. The fourth-order valence-electron chi connectivity index (χ4n) is 3.60. The van der Waals surface area contributed by atoms with Crippen molar-refractivity contribution < 1.29 is 18.0 Å². The van der Waals surface area contributed by atoms with Crippen molar-refractivity contribution in [2.24, 2.45) is 0 Å². The van der Waals surface area contributed by atoms with Crippen LogP contribution in [0, 0.1) is 6.92 Å². The Hall–Kier alpha value is -2.00. The van der Waals surface area contributed by atoms with Gasteiger partial charge in [-0.2, -0.15) is 0 Å². The van der Waals surface area contributed by atoms with E-state index in [-0.39, 0.29) is 18.1 Å². The van der Waals surface area contributed by atoms with Crippen molar-refractivity contribution in [2.75, 3.05) is 23.7 Å². The van der Waals surface area contributed by atoms with Crippen LogP contribution in [0.4, 0.5) is 5.69 Å². The summed E-state index contributed by atoms with van der Waals surface area (Å²) in [5.41, 5.74) is 1.27. The lowest BCUT2D eigenvalue weighted by molar-refractivity contribution is -0.140. The Morgan fingerprint density at radius 1 is 1.00 bits per heavy atom. The van der Waals surface area contributed by atoms with E-state index in [0.717, 1.165) is 17.0 Å². The molecule has 0 aliphatic carbocycles. The average Bonchev–Trinajstić information content (AvgIpc) is 2.79. The Morgan fingerprint density at radius 2 is 1.57 bits per heavy atom. The highest BCUT2D eigenvalue weighted by Gasteiger charge is 2.32. The van der Waals surface area contributed by atoms with E-state index in [9.17, 15) is 18.0 Å².